The van der Waals surface area contributed by atoms with Gasteiger partial charge in [0.1, 0.15) is 6.10 Å². The van der Waals surface area contributed by atoms with Crippen LogP contribution in [0.2, 0.25) is 0 Å². The van der Waals surface area contributed by atoms with Crippen LogP contribution in [0.4, 0.5) is 0 Å². The first-order valence-electron chi connectivity index (χ1n) is 8.62. The molecule has 7 nitrogen and oxygen atoms in total. The molecule has 0 bridgehead atoms. The number of amides is 1. The number of hydrogen-bond acceptors (Lipinski definition) is 6. The molecule has 0 atom stereocenters. The molecule has 1 fully saturated rings. The van der Waals surface area contributed by atoms with Crippen molar-refractivity contribution >= 4 is 17.2 Å². The molecule has 3 aromatic heterocycles. The van der Waals surface area contributed by atoms with E-state index in [4.69, 9.17) is 4.74 Å². The lowest BCUT2D eigenvalue weighted by Gasteiger charge is -2.28. The highest BCUT2D eigenvalue weighted by atomic mass is 32.1. The van der Waals surface area contributed by atoms with Crippen molar-refractivity contribution in [2.75, 3.05) is 0 Å². The van der Waals surface area contributed by atoms with E-state index in [9.17, 15) is 4.79 Å². The van der Waals surface area contributed by atoms with Crippen LogP contribution in [0.15, 0.2) is 42.0 Å². The molecule has 1 aliphatic rings. The van der Waals surface area contributed by atoms with Gasteiger partial charge in [-0.25, -0.2) is 9.97 Å². The predicted octanol–water partition coefficient (Wildman–Crippen LogP) is 3.05. The van der Waals surface area contributed by atoms with Gasteiger partial charge < -0.3 is 10.1 Å². The molecule has 1 amide bonds. The van der Waals surface area contributed by atoms with Gasteiger partial charge in [0, 0.05) is 18.4 Å². The SMILES string of the molecule is O=C(NC1CCC(Oc2ncccn2)CC1)c1cc(-c2cccs2)[nH]n1. The Kier molecular flexibility index (Phi) is 4.92. The molecule has 4 rings (SSSR count). The summed E-state index contributed by atoms with van der Waals surface area (Å²) in [7, 11) is 0. The Balaban J connectivity index is 1.28. The van der Waals surface area contributed by atoms with E-state index in [1.54, 1.807) is 35.9 Å². The van der Waals surface area contributed by atoms with Gasteiger partial charge >= 0.3 is 6.01 Å². The minimum Gasteiger partial charge on any atom is -0.460 e. The Hall–Kier alpha value is -2.74. The zero-order valence-corrected chi connectivity index (χ0v) is 14.9. The van der Waals surface area contributed by atoms with Crippen molar-refractivity contribution in [2.24, 2.45) is 0 Å². The van der Waals surface area contributed by atoms with E-state index in [-0.39, 0.29) is 18.1 Å². The van der Waals surface area contributed by atoms with Gasteiger partial charge in [-0.2, -0.15) is 5.10 Å². The average molecular weight is 369 g/mol. The number of hydrogen-bond donors (Lipinski definition) is 2. The van der Waals surface area contributed by atoms with Crippen LogP contribution in [0.25, 0.3) is 10.6 Å². The van der Waals surface area contributed by atoms with Crippen molar-refractivity contribution < 1.29 is 9.53 Å². The summed E-state index contributed by atoms with van der Waals surface area (Å²) >= 11 is 1.61. The second kappa shape index (κ2) is 7.65. The third-order valence-electron chi connectivity index (χ3n) is 4.42. The number of nitrogens with zero attached hydrogens (tertiary/aromatic N) is 3. The molecule has 0 aromatic carbocycles. The Bertz CT molecular complexity index is 842. The van der Waals surface area contributed by atoms with Gasteiger partial charge in [0.05, 0.1) is 10.6 Å². The van der Waals surface area contributed by atoms with E-state index in [1.165, 1.54) is 0 Å². The van der Waals surface area contributed by atoms with Crippen LogP contribution < -0.4 is 10.1 Å². The summed E-state index contributed by atoms with van der Waals surface area (Å²) in [6.45, 7) is 0. The summed E-state index contributed by atoms with van der Waals surface area (Å²) in [4.78, 5) is 21.7. The predicted molar refractivity (Wildman–Crippen MR) is 98.1 cm³/mol. The van der Waals surface area contributed by atoms with Crippen LogP contribution in [0, 0.1) is 0 Å². The standard InChI is InChI=1S/C18H19N5O2S/c24-17(15-11-14(22-23-15)16-3-1-10-26-16)21-12-4-6-13(7-5-12)25-18-19-8-2-9-20-18/h1-3,8-13H,4-7H2,(H,21,24)(H,22,23). The molecule has 0 unspecified atom stereocenters. The molecule has 0 radical (unpaired) electrons. The Morgan fingerprint density at radius 3 is 2.73 bits per heavy atom. The highest BCUT2D eigenvalue weighted by molar-refractivity contribution is 7.13. The van der Waals surface area contributed by atoms with E-state index in [2.05, 4.69) is 25.5 Å². The zero-order chi connectivity index (χ0) is 17.8. The number of H-pyrrole nitrogens is 1. The summed E-state index contributed by atoms with van der Waals surface area (Å²) in [5.74, 6) is -0.139. The van der Waals surface area contributed by atoms with Crippen LogP contribution >= 0.6 is 11.3 Å². The summed E-state index contributed by atoms with van der Waals surface area (Å²) < 4.78 is 5.79. The number of carbonyl (C=O) groups excluding carboxylic acids is 1. The summed E-state index contributed by atoms with van der Waals surface area (Å²) in [6.07, 6.45) is 6.90. The van der Waals surface area contributed by atoms with E-state index < -0.39 is 0 Å². The van der Waals surface area contributed by atoms with Gasteiger partial charge in [-0.3, -0.25) is 9.89 Å². The van der Waals surface area contributed by atoms with Gasteiger partial charge in [-0.1, -0.05) is 6.07 Å². The van der Waals surface area contributed by atoms with Gasteiger partial charge in [0.2, 0.25) is 0 Å². The zero-order valence-electron chi connectivity index (χ0n) is 14.1. The minimum atomic E-state index is -0.139. The number of aromatic amines is 1. The molecule has 26 heavy (non-hydrogen) atoms. The molecular formula is C18H19N5O2S. The summed E-state index contributed by atoms with van der Waals surface area (Å²) in [5.41, 5.74) is 1.29. The largest absolute Gasteiger partial charge is 0.460 e. The van der Waals surface area contributed by atoms with E-state index in [0.717, 1.165) is 36.3 Å². The molecule has 1 saturated carbocycles. The van der Waals surface area contributed by atoms with Crippen molar-refractivity contribution in [2.45, 2.75) is 37.8 Å². The lowest BCUT2D eigenvalue weighted by Crippen LogP contribution is -2.40. The third kappa shape index (κ3) is 3.91. The highest BCUT2D eigenvalue weighted by Crippen LogP contribution is 2.24. The van der Waals surface area contributed by atoms with Gasteiger partial charge in [-0.05, 0) is 49.3 Å². The quantitative estimate of drug-likeness (QED) is 0.721. The topological polar surface area (TPSA) is 92.8 Å². The van der Waals surface area contributed by atoms with Crippen LogP contribution in [-0.2, 0) is 0 Å². The monoisotopic (exact) mass is 369 g/mol. The number of rotatable bonds is 5. The van der Waals surface area contributed by atoms with Crippen molar-refractivity contribution in [1.29, 1.82) is 0 Å². The van der Waals surface area contributed by atoms with Gasteiger partial charge in [0.15, 0.2) is 5.69 Å². The normalized spacial score (nSPS) is 19.8. The first kappa shape index (κ1) is 16.7. The molecule has 0 spiro atoms. The van der Waals surface area contributed by atoms with Crippen molar-refractivity contribution in [3.63, 3.8) is 0 Å². The summed E-state index contributed by atoms with van der Waals surface area (Å²) in [6, 6.07) is 8.08. The number of nitrogens with one attached hydrogen (secondary N) is 2. The molecular weight excluding hydrogens is 350 g/mol. The number of aromatic nitrogens is 4. The van der Waals surface area contributed by atoms with Crippen LogP contribution in [0.3, 0.4) is 0 Å². The first-order chi connectivity index (χ1) is 12.8. The molecule has 8 heteroatoms. The maximum absolute atomic E-state index is 12.4. The number of thiophene rings is 1. The van der Waals surface area contributed by atoms with Gasteiger partial charge in [0.25, 0.3) is 5.91 Å². The summed E-state index contributed by atoms with van der Waals surface area (Å²) in [5, 5.41) is 12.1. The average Bonchev–Trinajstić information content (AvgIpc) is 3.36. The van der Waals surface area contributed by atoms with E-state index in [1.807, 2.05) is 17.5 Å². The Morgan fingerprint density at radius 1 is 1.19 bits per heavy atom. The Labute approximate surface area is 154 Å². The molecule has 3 aromatic rings. The van der Waals surface area contributed by atoms with Crippen LogP contribution in [-0.4, -0.2) is 38.2 Å². The fourth-order valence-corrected chi connectivity index (χ4v) is 3.77. The molecule has 2 N–H and O–H groups in total. The fourth-order valence-electron chi connectivity index (χ4n) is 3.08. The molecule has 0 aliphatic heterocycles. The second-order valence-corrected chi connectivity index (χ2v) is 7.19. The van der Waals surface area contributed by atoms with Crippen LogP contribution in [0.1, 0.15) is 36.2 Å². The van der Waals surface area contributed by atoms with Crippen LogP contribution in [0.5, 0.6) is 6.01 Å². The van der Waals surface area contributed by atoms with Crippen molar-refractivity contribution in [3.8, 4) is 16.6 Å². The lowest BCUT2D eigenvalue weighted by molar-refractivity contribution is 0.0880. The highest BCUT2D eigenvalue weighted by Gasteiger charge is 2.25. The number of ether oxygens (including phenoxy) is 1. The third-order valence-corrected chi connectivity index (χ3v) is 5.32. The smallest absolute Gasteiger partial charge is 0.316 e. The molecule has 1 aliphatic carbocycles. The minimum absolute atomic E-state index is 0.0985. The molecule has 0 saturated heterocycles. The maximum Gasteiger partial charge on any atom is 0.316 e. The fraction of sp³-hybridized carbons (Fsp3) is 0.333. The van der Waals surface area contributed by atoms with E-state index in [0.29, 0.717) is 11.7 Å². The molecule has 134 valence electrons. The van der Waals surface area contributed by atoms with Crippen molar-refractivity contribution in [3.05, 3.63) is 47.7 Å². The first-order valence-corrected chi connectivity index (χ1v) is 9.50. The van der Waals surface area contributed by atoms with Gasteiger partial charge in [-0.15, -0.1) is 11.3 Å². The maximum atomic E-state index is 12.4. The second-order valence-electron chi connectivity index (χ2n) is 6.24. The number of carbonyl (C=O) groups is 1. The molecule has 3 heterocycles. The lowest BCUT2D eigenvalue weighted by atomic mass is 9.93. The Morgan fingerprint density at radius 2 is 2.00 bits per heavy atom. The van der Waals surface area contributed by atoms with Crippen molar-refractivity contribution in [1.82, 2.24) is 25.5 Å². The van der Waals surface area contributed by atoms with E-state index >= 15 is 0 Å².